The van der Waals surface area contributed by atoms with E-state index in [1.54, 1.807) is 24.2 Å². The number of nitrogens with zero attached hydrogens (tertiary/aromatic N) is 3. The van der Waals surface area contributed by atoms with Crippen LogP contribution in [0.3, 0.4) is 0 Å². The van der Waals surface area contributed by atoms with Gasteiger partial charge >= 0.3 is 0 Å². The summed E-state index contributed by atoms with van der Waals surface area (Å²) in [6.45, 7) is 0. The molecule has 90 valence electrons. The van der Waals surface area contributed by atoms with Gasteiger partial charge in [0.25, 0.3) is 5.56 Å². The van der Waals surface area contributed by atoms with Crippen molar-refractivity contribution in [1.29, 1.82) is 0 Å². The van der Waals surface area contributed by atoms with Gasteiger partial charge in [-0.3, -0.25) is 4.79 Å². The normalized spacial score (nSPS) is 10.7. The Labute approximate surface area is 102 Å². The summed E-state index contributed by atoms with van der Waals surface area (Å²) in [6, 6.07) is 7.41. The Balaban J connectivity index is 2.13. The van der Waals surface area contributed by atoms with E-state index in [0.717, 1.165) is 11.4 Å². The lowest BCUT2D eigenvalue weighted by Crippen LogP contribution is -2.07. The van der Waals surface area contributed by atoms with Crippen molar-refractivity contribution in [2.24, 2.45) is 0 Å². The molecular formula is C12H10N4O2. The maximum Gasteiger partial charge on any atom is 0.292 e. The Morgan fingerprint density at radius 3 is 2.72 bits per heavy atom. The second kappa shape index (κ2) is 3.99. The fourth-order valence-electron chi connectivity index (χ4n) is 1.74. The molecule has 0 saturated carbocycles. The van der Waals surface area contributed by atoms with E-state index in [9.17, 15) is 4.79 Å². The number of methoxy groups -OCH3 is 1. The minimum absolute atomic E-state index is 0.292. The van der Waals surface area contributed by atoms with Gasteiger partial charge in [0.2, 0.25) is 0 Å². The van der Waals surface area contributed by atoms with E-state index in [2.05, 4.69) is 15.3 Å². The van der Waals surface area contributed by atoms with E-state index in [0.29, 0.717) is 10.9 Å². The molecule has 0 aliphatic carbocycles. The standard InChI is InChI=1S/C12H10N4O2/c1-18-10-4-2-9(3-5-10)16-7-8-6-13-14-12(17)11(8)15-16/h2-7H,1H3,(H,14,17). The predicted molar refractivity (Wildman–Crippen MR) is 66.0 cm³/mol. The molecular weight excluding hydrogens is 232 g/mol. The van der Waals surface area contributed by atoms with Gasteiger partial charge in [0, 0.05) is 11.6 Å². The number of H-pyrrole nitrogens is 1. The first-order chi connectivity index (χ1) is 8.78. The van der Waals surface area contributed by atoms with E-state index in [1.807, 2.05) is 24.3 Å². The number of hydrogen-bond donors (Lipinski definition) is 1. The zero-order chi connectivity index (χ0) is 12.5. The molecule has 0 fully saturated rings. The van der Waals surface area contributed by atoms with Gasteiger partial charge in [-0.2, -0.15) is 10.2 Å². The number of ether oxygens (including phenoxy) is 1. The molecule has 0 radical (unpaired) electrons. The molecule has 6 heteroatoms. The number of benzene rings is 1. The van der Waals surface area contributed by atoms with Crippen LogP contribution in [0.15, 0.2) is 41.5 Å². The van der Waals surface area contributed by atoms with Crippen LogP contribution in [-0.4, -0.2) is 27.1 Å². The first-order valence-corrected chi connectivity index (χ1v) is 5.35. The van der Waals surface area contributed by atoms with E-state index in [4.69, 9.17) is 4.74 Å². The highest BCUT2D eigenvalue weighted by Crippen LogP contribution is 2.16. The molecule has 3 aromatic rings. The highest BCUT2D eigenvalue weighted by atomic mass is 16.5. The maximum absolute atomic E-state index is 11.5. The van der Waals surface area contributed by atoms with Crippen LogP contribution in [0.25, 0.3) is 16.6 Å². The molecule has 0 unspecified atom stereocenters. The van der Waals surface area contributed by atoms with Gasteiger partial charge in [-0.25, -0.2) is 9.78 Å². The van der Waals surface area contributed by atoms with Crippen molar-refractivity contribution in [3.05, 3.63) is 47.0 Å². The minimum atomic E-state index is -0.292. The third-order valence-corrected chi connectivity index (χ3v) is 2.66. The van der Waals surface area contributed by atoms with Crippen LogP contribution in [0, 0.1) is 0 Å². The van der Waals surface area contributed by atoms with E-state index < -0.39 is 0 Å². The van der Waals surface area contributed by atoms with Gasteiger partial charge < -0.3 is 4.74 Å². The Morgan fingerprint density at radius 1 is 1.28 bits per heavy atom. The van der Waals surface area contributed by atoms with Gasteiger partial charge in [-0.15, -0.1) is 0 Å². The zero-order valence-electron chi connectivity index (χ0n) is 9.62. The van der Waals surface area contributed by atoms with Crippen LogP contribution < -0.4 is 10.3 Å². The van der Waals surface area contributed by atoms with Crippen LogP contribution in [0.2, 0.25) is 0 Å². The summed E-state index contributed by atoms with van der Waals surface area (Å²) in [5.74, 6) is 0.773. The van der Waals surface area contributed by atoms with Gasteiger partial charge in [-0.1, -0.05) is 0 Å². The predicted octanol–water partition coefficient (Wildman–Crippen LogP) is 1.12. The molecule has 3 rings (SSSR count). The van der Waals surface area contributed by atoms with Crippen molar-refractivity contribution in [3.63, 3.8) is 0 Å². The molecule has 0 aliphatic heterocycles. The van der Waals surface area contributed by atoms with Crippen molar-refractivity contribution in [1.82, 2.24) is 20.0 Å². The molecule has 1 N–H and O–H groups in total. The fourth-order valence-corrected chi connectivity index (χ4v) is 1.74. The summed E-state index contributed by atoms with van der Waals surface area (Å²) >= 11 is 0. The van der Waals surface area contributed by atoms with Gasteiger partial charge in [0.1, 0.15) is 5.75 Å². The maximum atomic E-state index is 11.5. The number of aromatic nitrogens is 4. The second-order valence-corrected chi connectivity index (χ2v) is 3.77. The smallest absolute Gasteiger partial charge is 0.292 e. The number of hydrogen-bond acceptors (Lipinski definition) is 4. The quantitative estimate of drug-likeness (QED) is 0.730. The lowest BCUT2D eigenvalue weighted by molar-refractivity contribution is 0.414. The summed E-state index contributed by atoms with van der Waals surface area (Å²) in [5, 5.41) is 11.0. The van der Waals surface area contributed by atoms with Crippen molar-refractivity contribution in [2.75, 3.05) is 7.11 Å². The zero-order valence-corrected chi connectivity index (χ0v) is 9.62. The van der Waals surface area contributed by atoms with Crippen LogP contribution in [-0.2, 0) is 0 Å². The first kappa shape index (κ1) is 10.5. The fraction of sp³-hybridized carbons (Fsp3) is 0.0833. The molecule has 1 aromatic carbocycles. The second-order valence-electron chi connectivity index (χ2n) is 3.77. The lowest BCUT2D eigenvalue weighted by atomic mass is 10.3. The molecule has 0 aliphatic rings. The summed E-state index contributed by atoms with van der Waals surface area (Å²) < 4.78 is 6.73. The molecule has 0 bridgehead atoms. The highest BCUT2D eigenvalue weighted by molar-refractivity contribution is 5.76. The topological polar surface area (TPSA) is 72.8 Å². The minimum Gasteiger partial charge on any atom is -0.497 e. The molecule has 6 nitrogen and oxygen atoms in total. The molecule has 2 heterocycles. The number of fused-ring (bicyclic) bond motifs is 1. The summed E-state index contributed by atoms with van der Waals surface area (Å²) in [7, 11) is 1.61. The Morgan fingerprint density at radius 2 is 2.06 bits per heavy atom. The van der Waals surface area contributed by atoms with Crippen molar-refractivity contribution >= 4 is 10.9 Å². The highest BCUT2D eigenvalue weighted by Gasteiger charge is 2.06. The average Bonchev–Trinajstić information content (AvgIpc) is 2.84. The Hall–Kier alpha value is -2.63. The van der Waals surface area contributed by atoms with Gasteiger partial charge in [0.05, 0.1) is 19.0 Å². The van der Waals surface area contributed by atoms with Crippen LogP contribution in [0.4, 0.5) is 0 Å². The lowest BCUT2D eigenvalue weighted by Gasteiger charge is -2.02. The van der Waals surface area contributed by atoms with Crippen molar-refractivity contribution in [3.8, 4) is 11.4 Å². The summed E-state index contributed by atoms with van der Waals surface area (Å²) in [4.78, 5) is 11.5. The van der Waals surface area contributed by atoms with Gasteiger partial charge in [-0.05, 0) is 24.3 Å². The van der Waals surface area contributed by atoms with E-state index in [-0.39, 0.29) is 5.56 Å². The van der Waals surface area contributed by atoms with E-state index >= 15 is 0 Å². The summed E-state index contributed by atoms with van der Waals surface area (Å²) in [6.07, 6.45) is 3.34. The van der Waals surface area contributed by atoms with Crippen molar-refractivity contribution in [2.45, 2.75) is 0 Å². The third kappa shape index (κ3) is 1.64. The van der Waals surface area contributed by atoms with Crippen molar-refractivity contribution < 1.29 is 4.74 Å². The number of rotatable bonds is 2. The average molecular weight is 242 g/mol. The number of aromatic amines is 1. The third-order valence-electron chi connectivity index (χ3n) is 2.66. The van der Waals surface area contributed by atoms with Crippen LogP contribution >= 0.6 is 0 Å². The van der Waals surface area contributed by atoms with Gasteiger partial charge in [0.15, 0.2) is 5.52 Å². The Kier molecular flexibility index (Phi) is 2.33. The first-order valence-electron chi connectivity index (χ1n) is 5.35. The SMILES string of the molecule is COc1ccc(-n2cc3cn[nH]c(=O)c3n2)cc1. The number of nitrogens with one attached hydrogen (secondary N) is 1. The molecule has 0 saturated heterocycles. The molecule has 0 spiro atoms. The largest absolute Gasteiger partial charge is 0.497 e. The Bertz CT molecular complexity index is 743. The van der Waals surface area contributed by atoms with E-state index in [1.165, 1.54) is 0 Å². The molecule has 2 aromatic heterocycles. The van der Waals surface area contributed by atoms with Crippen LogP contribution in [0.5, 0.6) is 5.75 Å². The monoisotopic (exact) mass is 242 g/mol. The molecule has 18 heavy (non-hydrogen) atoms. The molecule has 0 amide bonds. The summed E-state index contributed by atoms with van der Waals surface area (Å²) in [5.41, 5.74) is 0.937. The molecule has 0 atom stereocenters. The van der Waals surface area contributed by atoms with Crippen LogP contribution in [0.1, 0.15) is 0 Å².